The number of rotatable bonds is 4. The summed E-state index contributed by atoms with van der Waals surface area (Å²) in [5.74, 6) is 0.122. The van der Waals surface area contributed by atoms with Crippen LogP contribution in [0.3, 0.4) is 0 Å². The van der Waals surface area contributed by atoms with Crippen LogP contribution in [0.4, 0.5) is 0 Å². The molecule has 0 bridgehead atoms. The van der Waals surface area contributed by atoms with Crippen LogP contribution < -0.4 is 0 Å². The minimum Gasteiger partial charge on any atom is -0.389 e. The summed E-state index contributed by atoms with van der Waals surface area (Å²) in [6.45, 7) is 5.92. The second kappa shape index (κ2) is 3.83. The van der Waals surface area contributed by atoms with Crippen molar-refractivity contribution in [2.24, 2.45) is 0 Å². The molecule has 0 heterocycles. The Hall–Kier alpha value is -0.410. The van der Waals surface area contributed by atoms with Crippen LogP contribution in [0.25, 0.3) is 0 Å². The molecular formula is C8H17NO2. The van der Waals surface area contributed by atoms with Crippen molar-refractivity contribution in [3.63, 3.8) is 0 Å². The SMILES string of the molecule is CC(=O)CN(C)CC(C)(C)O. The van der Waals surface area contributed by atoms with Crippen LogP contribution in [0.1, 0.15) is 20.8 Å². The minimum atomic E-state index is -0.718. The van der Waals surface area contributed by atoms with E-state index in [4.69, 9.17) is 0 Å². The summed E-state index contributed by atoms with van der Waals surface area (Å²) in [4.78, 5) is 12.4. The van der Waals surface area contributed by atoms with Gasteiger partial charge in [0.2, 0.25) is 0 Å². The van der Waals surface area contributed by atoms with E-state index in [1.54, 1.807) is 20.8 Å². The zero-order valence-electron chi connectivity index (χ0n) is 7.72. The zero-order valence-corrected chi connectivity index (χ0v) is 7.72. The summed E-state index contributed by atoms with van der Waals surface area (Å²) in [5, 5.41) is 9.35. The molecule has 66 valence electrons. The third kappa shape index (κ3) is 7.49. The highest BCUT2D eigenvalue weighted by Gasteiger charge is 2.15. The molecule has 0 aliphatic heterocycles. The molecular weight excluding hydrogens is 142 g/mol. The van der Waals surface area contributed by atoms with E-state index < -0.39 is 5.60 Å². The van der Waals surface area contributed by atoms with Crippen molar-refractivity contribution in [1.82, 2.24) is 4.90 Å². The number of hydrogen-bond donors (Lipinski definition) is 1. The first-order valence-corrected chi connectivity index (χ1v) is 3.71. The summed E-state index contributed by atoms with van der Waals surface area (Å²) in [7, 11) is 1.82. The molecule has 0 saturated heterocycles. The van der Waals surface area contributed by atoms with Gasteiger partial charge in [-0.3, -0.25) is 9.69 Å². The topological polar surface area (TPSA) is 40.5 Å². The molecule has 0 fully saturated rings. The van der Waals surface area contributed by atoms with Crippen LogP contribution in [0, 0.1) is 0 Å². The Labute approximate surface area is 68.0 Å². The maximum atomic E-state index is 10.6. The molecule has 0 aliphatic rings. The van der Waals surface area contributed by atoms with Crippen LogP contribution in [0.15, 0.2) is 0 Å². The van der Waals surface area contributed by atoms with E-state index in [1.165, 1.54) is 0 Å². The number of carbonyl (C=O) groups excluding carboxylic acids is 1. The number of likely N-dealkylation sites (N-methyl/N-ethyl adjacent to an activating group) is 1. The summed E-state index contributed by atoms with van der Waals surface area (Å²) in [6, 6.07) is 0. The van der Waals surface area contributed by atoms with Gasteiger partial charge in [-0.2, -0.15) is 0 Å². The van der Waals surface area contributed by atoms with E-state index in [0.717, 1.165) is 0 Å². The largest absolute Gasteiger partial charge is 0.389 e. The molecule has 0 aromatic carbocycles. The van der Waals surface area contributed by atoms with Crippen LogP contribution in [-0.2, 0) is 4.79 Å². The maximum absolute atomic E-state index is 10.6. The molecule has 0 spiro atoms. The Morgan fingerprint density at radius 1 is 1.55 bits per heavy atom. The average molecular weight is 159 g/mol. The van der Waals surface area contributed by atoms with Gasteiger partial charge in [0.25, 0.3) is 0 Å². The van der Waals surface area contributed by atoms with Crippen LogP contribution in [0.2, 0.25) is 0 Å². The van der Waals surface area contributed by atoms with Gasteiger partial charge in [0.15, 0.2) is 0 Å². The molecule has 1 N–H and O–H groups in total. The van der Waals surface area contributed by atoms with Gasteiger partial charge in [-0.05, 0) is 27.8 Å². The fourth-order valence-corrected chi connectivity index (χ4v) is 1.10. The van der Waals surface area contributed by atoms with Crippen molar-refractivity contribution < 1.29 is 9.90 Å². The van der Waals surface area contributed by atoms with Gasteiger partial charge < -0.3 is 5.11 Å². The van der Waals surface area contributed by atoms with Gasteiger partial charge in [-0.1, -0.05) is 0 Å². The number of ketones is 1. The summed E-state index contributed by atoms with van der Waals surface area (Å²) in [6.07, 6.45) is 0. The number of hydrogen-bond acceptors (Lipinski definition) is 3. The molecule has 3 heteroatoms. The quantitative estimate of drug-likeness (QED) is 0.640. The molecule has 0 unspecified atom stereocenters. The lowest BCUT2D eigenvalue weighted by molar-refractivity contribution is -0.118. The second-order valence-corrected chi connectivity index (χ2v) is 3.69. The van der Waals surface area contributed by atoms with Crippen LogP contribution in [-0.4, -0.2) is 41.5 Å². The van der Waals surface area contributed by atoms with E-state index >= 15 is 0 Å². The van der Waals surface area contributed by atoms with Crippen molar-refractivity contribution in [3.8, 4) is 0 Å². The normalized spacial score (nSPS) is 12.2. The Morgan fingerprint density at radius 2 is 2.00 bits per heavy atom. The minimum absolute atomic E-state index is 0.122. The van der Waals surface area contributed by atoms with E-state index in [-0.39, 0.29) is 5.78 Å². The molecule has 0 atom stereocenters. The lowest BCUT2D eigenvalue weighted by Crippen LogP contribution is -2.38. The number of aliphatic hydroxyl groups is 1. The molecule has 0 saturated carbocycles. The van der Waals surface area contributed by atoms with E-state index in [0.29, 0.717) is 13.1 Å². The number of nitrogens with zero attached hydrogens (tertiary/aromatic N) is 1. The lowest BCUT2D eigenvalue weighted by atomic mass is 10.1. The third-order valence-electron chi connectivity index (χ3n) is 1.15. The Kier molecular flexibility index (Phi) is 3.69. The van der Waals surface area contributed by atoms with Gasteiger partial charge in [-0.15, -0.1) is 0 Å². The lowest BCUT2D eigenvalue weighted by Gasteiger charge is -2.24. The Balaban J connectivity index is 3.69. The molecule has 0 aromatic rings. The summed E-state index contributed by atoms with van der Waals surface area (Å²) < 4.78 is 0. The number of Topliss-reactive ketones (excluding diaryl/α,β-unsaturated/α-hetero) is 1. The first-order valence-electron chi connectivity index (χ1n) is 3.71. The highest BCUT2D eigenvalue weighted by atomic mass is 16.3. The first-order chi connectivity index (χ1) is 4.81. The molecule has 11 heavy (non-hydrogen) atoms. The van der Waals surface area contributed by atoms with Crippen molar-refractivity contribution in [2.75, 3.05) is 20.1 Å². The van der Waals surface area contributed by atoms with E-state index in [9.17, 15) is 9.90 Å². The van der Waals surface area contributed by atoms with Crippen molar-refractivity contribution >= 4 is 5.78 Å². The van der Waals surface area contributed by atoms with Crippen molar-refractivity contribution in [2.45, 2.75) is 26.4 Å². The zero-order chi connectivity index (χ0) is 9.07. The van der Waals surface area contributed by atoms with Crippen molar-refractivity contribution in [3.05, 3.63) is 0 Å². The van der Waals surface area contributed by atoms with E-state index in [1.807, 2.05) is 11.9 Å². The van der Waals surface area contributed by atoms with Crippen molar-refractivity contribution in [1.29, 1.82) is 0 Å². The molecule has 0 aromatic heterocycles. The highest BCUT2D eigenvalue weighted by molar-refractivity contribution is 5.77. The Bertz CT molecular complexity index is 138. The highest BCUT2D eigenvalue weighted by Crippen LogP contribution is 2.02. The smallest absolute Gasteiger partial charge is 0.143 e. The molecule has 3 nitrogen and oxygen atoms in total. The number of carbonyl (C=O) groups is 1. The predicted molar refractivity (Wildman–Crippen MR) is 44.5 cm³/mol. The first kappa shape index (κ1) is 10.6. The van der Waals surface area contributed by atoms with Gasteiger partial charge in [-0.25, -0.2) is 0 Å². The molecule has 0 radical (unpaired) electrons. The van der Waals surface area contributed by atoms with Gasteiger partial charge in [0.1, 0.15) is 5.78 Å². The molecule has 0 aliphatic carbocycles. The second-order valence-electron chi connectivity index (χ2n) is 3.69. The van der Waals surface area contributed by atoms with Gasteiger partial charge >= 0.3 is 0 Å². The van der Waals surface area contributed by atoms with E-state index in [2.05, 4.69) is 0 Å². The van der Waals surface area contributed by atoms with Gasteiger partial charge in [0, 0.05) is 6.54 Å². The van der Waals surface area contributed by atoms with Gasteiger partial charge in [0.05, 0.1) is 12.1 Å². The third-order valence-corrected chi connectivity index (χ3v) is 1.15. The average Bonchev–Trinajstić information content (AvgIpc) is 1.53. The fraction of sp³-hybridized carbons (Fsp3) is 0.875. The molecule has 0 amide bonds. The maximum Gasteiger partial charge on any atom is 0.143 e. The standard InChI is InChI=1S/C8H17NO2/c1-7(10)5-9(4)6-8(2,3)11/h11H,5-6H2,1-4H3. The summed E-state index contributed by atoms with van der Waals surface area (Å²) in [5.41, 5.74) is -0.718. The summed E-state index contributed by atoms with van der Waals surface area (Å²) >= 11 is 0. The Morgan fingerprint density at radius 3 is 2.27 bits per heavy atom. The molecule has 0 rings (SSSR count). The van der Waals surface area contributed by atoms with Crippen LogP contribution >= 0.6 is 0 Å². The monoisotopic (exact) mass is 159 g/mol. The fourth-order valence-electron chi connectivity index (χ4n) is 1.10. The van der Waals surface area contributed by atoms with Crippen LogP contribution in [0.5, 0.6) is 0 Å². The predicted octanol–water partition coefficient (Wildman–Crippen LogP) is 0.278.